The predicted octanol–water partition coefficient (Wildman–Crippen LogP) is 6.46. The van der Waals surface area contributed by atoms with Crippen LogP contribution in [0, 0.1) is 6.92 Å². The molecule has 0 aromatic heterocycles. The van der Waals surface area contributed by atoms with Crippen molar-refractivity contribution in [2.75, 3.05) is 5.32 Å². The number of fused-ring (bicyclic) bond motifs is 5. The highest BCUT2D eigenvalue weighted by atomic mass is 14.9. The van der Waals surface area contributed by atoms with E-state index in [1.165, 1.54) is 44.3 Å². The lowest BCUT2D eigenvalue weighted by molar-refractivity contribution is 1.28. The molecule has 1 heteroatoms. The van der Waals surface area contributed by atoms with Gasteiger partial charge in [-0.1, -0.05) is 60.7 Å². The molecular weight excluding hydrogens is 302 g/mol. The van der Waals surface area contributed by atoms with Gasteiger partial charge < -0.3 is 5.32 Å². The second-order valence-electron chi connectivity index (χ2n) is 6.80. The first-order valence-corrected chi connectivity index (χ1v) is 8.76. The largest absolute Gasteiger partial charge is 0.355 e. The number of para-hydroxylation sites is 1. The predicted molar refractivity (Wildman–Crippen MR) is 107 cm³/mol. The maximum absolute atomic E-state index is 3.57. The summed E-state index contributed by atoms with van der Waals surface area (Å²) in [6.07, 6.45) is 1.01. The Balaban J connectivity index is 1.56. The van der Waals surface area contributed by atoms with E-state index in [4.69, 9.17) is 0 Å². The molecule has 0 fully saturated rings. The van der Waals surface area contributed by atoms with Crippen LogP contribution in [0.5, 0.6) is 0 Å². The molecule has 1 aliphatic rings. The minimum absolute atomic E-state index is 1.01. The van der Waals surface area contributed by atoms with E-state index in [1.807, 2.05) is 0 Å². The van der Waals surface area contributed by atoms with E-state index < -0.39 is 0 Å². The molecule has 4 aromatic carbocycles. The summed E-state index contributed by atoms with van der Waals surface area (Å²) in [6, 6.07) is 28.4. The van der Waals surface area contributed by atoms with Crippen molar-refractivity contribution in [2.45, 2.75) is 13.3 Å². The van der Waals surface area contributed by atoms with Crippen molar-refractivity contribution < 1.29 is 0 Å². The lowest BCUT2D eigenvalue weighted by Crippen LogP contribution is -1.93. The third-order valence-corrected chi connectivity index (χ3v) is 5.23. The van der Waals surface area contributed by atoms with Crippen molar-refractivity contribution in [1.29, 1.82) is 0 Å². The zero-order chi connectivity index (χ0) is 16.8. The zero-order valence-electron chi connectivity index (χ0n) is 14.2. The Morgan fingerprint density at radius 3 is 2.48 bits per heavy atom. The molecule has 0 saturated heterocycles. The smallest absolute Gasteiger partial charge is 0.0413 e. The van der Waals surface area contributed by atoms with Crippen molar-refractivity contribution in [3.63, 3.8) is 0 Å². The van der Waals surface area contributed by atoms with Crippen LogP contribution in [0.1, 0.15) is 16.7 Å². The highest BCUT2D eigenvalue weighted by Crippen LogP contribution is 2.41. The lowest BCUT2D eigenvalue weighted by Gasteiger charge is -2.11. The van der Waals surface area contributed by atoms with Gasteiger partial charge in [0.25, 0.3) is 0 Å². The second kappa shape index (κ2) is 5.49. The van der Waals surface area contributed by atoms with Crippen LogP contribution in [0.2, 0.25) is 0 Å². The standard InChI is InChI=1S/C24H19N/c1-16-6-2-5-9-24(16)25-19-11-13-21-18(14-19)15-23-20-8-4-3-7-17(20)10-12-22(21)23/h2-14,25H,15H2,1H3. The van der Waals surface area contributed by atoms with Gasteiger partial charge >= 0.3 is 0 Å². The number of rotatable bonds is 2. The fourth-order valence-corrected chi connectivity index (χ4v) is 3.92. The van der Waals surface area contributed by atoms with Crippen LogP contribution in [-0.4, -0.2) is 0 Å². The zero-order valence-corrected chi connectivity index (χ0v) is 14.2. The van der Waals surface area contributed by atoms with Gasteiger partial charge in [0.1, 0.15) is 0 Å². The first-order valence-electron chi connectivity index (χ1n) is 8.76. The molecule has 1 aliphatic carbocycles. The number of benzene rings is 4. The van der Waals surface area contributed by atoms with Crippen LogP contribution in [0.4, 0.5) is 11.4 Å². The molecule has 0 spiro atoms. The van der Waals surface area contributed by atoms with E-state index in [1.54, 1.807) is 0 Å². The third-order valence-electron chi connectivity index (χ3n) is 5.23. The Kier molecular flexibility index (Phi) is 3.14. The van der Waals surface area contributed by atoms with E-state index >= 15 is 0 Å². The molecule has 0 aliphatic heterocycles. The summed E-state index contributed by atoms with van der Waals surface area (Å²) >= 11 is 0. The van der Waals surface area contributed by atoms with Crippen molar-refractivity contribution in [2.24, 2.45) is 0 Å². The molecule has 4 aromatic rings. The SMILES string of the molecule is Cc1ccccc1Nc1ccc2c(c1)Cc1c-2ccc2ccccc12. The van der Waals surface area contributed by atoms with Gasteiger partial charge in [0.15, 0.2) is 0 Å². The third kappa shape index (κ3) is 2.32. The summed E-state index contributed by atoms with van der Waals surface area (Å²) < 4.78 is 0. The number of hydrogen-bond donors (Lipinski definition) is 1. The van der Waals surface area contributed by atoms with E-state index in [0.717, 1.165) is 12.1 Å². The Labute approximate surface area is 148 Å². The quantitative estimate of drug-likeness (QED) is 0.393. The van der Waals surface area contributed by atoms with Gasteiger partial charge in [-0.15, -0.1) is 0 Å². The minimum atomic E-state index is 1.01. The van der Waals surface area contributed by atoms with Crippen LogP contribution in [0.15, 0.2) is 78.9 Å². The maximum Gasteiger partial charge on any atom is 0.0413 e. The molecule has 1 nitrogen and oxygen atoms in total. The molecule has 0 radical (unpaired) electrons. The van der Waals surface area contributed by atoms with Gasteiger partial charge in [-0.2, -0.15) is 0 Å². The molecule has 0 bridgehead atoms. The topological polar surface area (TPSA) is 12.0 Å². The summed E-state index contributed by atoms with van der Waals surface area (Å²) in [6.45, 7) is 2.14. The summed E-state index contributed by atoms with van der Waals surface area (Å²) in [5.41, 5.74) is 9.21. The first kappa shape index (κ1) is 14.3. The number of nitrogens with one attached hydrogen (secondary N) is 1. The number of aryl methyl sites for hydroxylation is 1. The van der Waals surface area contributed by atoms with E-state index in [-0.39, 0.29) is 0 Å². The van der Waals surface area contributed by atoms with Gasteiger partial charge in [0.05, 0.1) is 0 Å². The first-order chi connectivity index (χ1) is 12.3. The molecule has 0 amide bonds. The van der Waals surface area contributed by atoms with Crippen LogP contribution < -0.4 is 5.32 Å². The fourth-order valence-electron chi connectivity index (χ4n) is 3.92. The Bertz CT molecular complexity index is 1110. The van der Waals surface area contributed by atoms with Gasteiger partial charge in [0, 0.05) is 11.4 Å². The summed E-state index contributed by atoms with van der Waals surface area (Å²) in [4.78, 5) is 0. The molecule has 0 saturated carbocycles. The molecular formula is C24H19N. The van der Waals surface area contributed by atoms with E-state index in [9.17, 15) is 0 Å². The fraction of sp³-hybridized carbons (Fsp3) is 0.0833. The van der Waals surface area contributed by atoms with Crippen molar-refractivity contribution in [1.82, 2.24) is 0 Å². The molecule has 0 unspecified atom stereocenters. The Morgan fingerprint density at radius 2 is 1.56 bits per heavy atom. The second-order valence-corrected chi connectivity index (χ2v) is 6.80. The number of hydrogen-bond acceptors (Lipinski definition) is 1. The normalized spacial score (nSPS) is 12.0. The van der Waals surface area contributed by atoms with Crippen LogP contribution in [-0.2, 0) is 6.42 Å². The summed E-state index contributed by atoms with van der Waals surface area (Å²) in [5.74, 6) is 0. The van der Waals surface area contributed by atoms with Gasteiger partial charge in [-0.05, 0) is 70.1 Å². The summed E-state index contributed by atoms with van der Waals surface area (Å²) in [5, 5.41) is 6.27. The Hall–Kier alpha value is -3.06. The average Bonchev–Trinajstić information content (AvgIpc) is 3.02. The van der Waals surface area contributed by atoms with Gasteiger partial charge in [-0.3, -0.25) is 0 Å². The van der Waals surface area contributed by atoms with E-state index in [2.05, 4.69) is 91.1 Å². The Morgan fingerprint density at radius 1 is 0.760 bits per heavy atom. The molecule has 0 heterocycles. The molecule has 5 rings (SSSR count). The van der Waals surface area contributed by atoms with Crippen molar-refractivity contribution in [3.05, 3.63) is 95.6 Å². The number of anilines is 2. The maximum atomic E-state index is 3.57. The van der Waals surface area contributed by atoms with Crippen LogP contribution in [0.25, 0.3) is 21.9 Å². The van der Waals surface area contributed by atoms with Crippen molar-refractivity contribution in [3.8, 4) is 11.1 Å². The monoisotopic (exact) mass is 321 g/mol. The van der Waals surface area contributed by atoms with Crippen LogP contribution >= 0.6 is 0 Å². The molecule has 1 N–H and O–H groups in total. The highest BCUT2D eigenvalue weighted by Gasteiger charge is 2.20. The highest BCUT2D eigenvalue weighted by molar-refractivity contribution is 5.95. The average molecular weight is 321 g/mol. The van der Waals surface area contributed by atoms with Crippen LogP contribution in [0.3, 0.4) is 0 Å². The minimum Gasteiger partial charge on any atom is -0.355 e. The van der Waals surface area contributed by atoms with Crippen molar-refractivity contribution >= 4 is 22.1 Å². The molecule has 120 valence electrons. The van der Waals surface area contributed by atoms with E-state index in [0.29, 0.717) is 0 Å². The summed E-state index contributed by atoms with van der Waals surface area (Å²) in [7, 11) is 0. The molecule has 25 heavy (non-hydrogen) atoms. The van der Waals surface area contributed by atoms with Gasteiger partial charge in [0.2, 0.25) is 0 Å². The lowest BCUT2D eigenvalue weighted by atomic mass is 9.99. The molecule has 0 atom stereocenters. The van der Waals surface area contributed by atoms with Gasteiger partial charge in [-0.25, -0.2) is 0 Å².